The zero-order chi connectivity index (χ0) is 24.1. The molecule has 0 spiro atoms. The Labute approximate surface area is 207 Å². The molecule has 1 aliphatic rings. The van der Waals surface area contributed by atoms with Crippen molar-refractivity contribution in [3.63, 3.8) is 0 Å². The number of hydrogen-bond donors (Lipinski definition) is 0. The Balaban J connectivity index is 1.71. The highest BCUT2D eigenvalue weighted by atomic mass is 15.0. The third-order valence-electron chi connectivity index (χ3n) is 8.76. The zero-order valence-corrected chi connectivity index (χ0v) is 21.7. The van der Waals surface area contributed by atoms with Gasteiger partial charge in [0.2, 0.25) is 5.52 Å². The van der Waals surface area contributed by atoms with E-state index in [0.29, 0.717) is 0 Å². The van der Waals surface area contributed by atoms with E-state index in [1.165, 1.54) is 97.8 Å². The van der Waals surface area contributed by atoms with Gasteiger partial charge in [-0.05, 0) is 58.9 Å². The fourth-order valence-corrected chi connectivity index (χ4v) is 6.91. The number of hydrogen-bond acceptors (Lipinski definition) is 0. The van der Waals surface area contributed by atoms with Crippen molar-refractivity contribution in [1.82, 2.24) is 4.40 Å². The Morgan fingerprint density at radius 3 is 2.43 bits per heavy atom. The van der Waals surface area contributed by atoms with Gasteiger partial charge in [0.05, 0.1) is 27.3 Å². The standard InChI is InChI=1S/C33H35N2/c1-20-10-12-26-25-13-11-24(33(2,3)4)19-27(25)35-28-18-22(16-21-8-6-7-9-21)17-23-14-15-34(5)32(30(23)28)29(20)31(26)35/h10-15,17-19,21H,6-9,16H2,1-5H3/q+1. The first-order valence-electron chi connectivity index (χ1n) is 13.4. The van der Waals surface area contributed by atoms with Crippen LogP contribution in [0.3, 0.4) is 0 Å². The Hall–Kier alpha value is -3.13. The molecule has 1 saturated carbocycles. The Kier molecular flexibility index (Phi) is 4.35. The number of pyridine rings is 2. The smallest absolute Gasteiger partial charge is 0.224 e. The Bertz CT molecular complexity index is 1770. The van der Waals surface area contributed by atoms with Crippen LogP contribution in [0, 0.1) is 12.8 Å². The van der Waals surface area contributed by atoms with Crippen LogP contribution in [0.15, 0.2) is 54.7 Å². The van der Waals surface area contributed by atoms with Crippen LogP contribution in [0.25, 0.3) is 49.0 Å². The van der Waals surface area contributed by atoms with Crippen LogP contribution in [-0.4, -0.2) is 4.40 Å². The van der Waals surface area contributed by atoms with Crippen LogP contribution in [0.2, 0.25) is 0 Å². The largest absolute Gasteiger partial charge is 0.307 e. The maximum Gasteiger partial charge on any atom is 0.224 e. The number of rotatable bonds is 2. The fraction of sp³-hybridized carbons (Fsp3) is 0.364. The predicted molar refractivity (Wildman–Crippen MR) is 149 cm³/mol. The van der Waals surface area contributed by atoms with E-state index >= 15 is 0 Å². The highest BCUT2D eigenvalue weighted by molar-refractivity contribution is 6.25. The molecule has 1 aliphatic carbocycles. The lowest BCUT2D eigenvalue weighted by atomic mass is 9.86. The summed E-state index contributed by atoms with van der Waals surface area (Å²) in [5.41, 5.74) is 9.80. The summed E-state index contributed by atoms with van der Waals surface area (Å²) < 4.78 is 4.95. The van der Waals surface area contributed by atoms with Crippen LogP contribution < -0.4 is 4.57 Å². The minimum atomic E-state index is 0.113. The van der Waals surface area contributed by atoms with Crippen molar-refractivity contribution < 1.29 is 4.57 Å². The molecule has 0 aliphatic heterocycles. The topological polar surface area (TPSA) is 8.29 Å². The number of aryl methyl sites for hydroxylation is 2. The molecule has 2 nitrogen and oxygen atoms in total. The number of nitrogens with zero attached hydrogens (tertiary/aromatic N) is 2. The van der Waals surface area contributed by atoms with E-state index in [2.05, 4.69) is 98.4 Å². The maximum atomic E-state index is 2.61. The second-order valence-corrected chi connectivity index (χ2v) is 12.2. The first-order chi connectivity index (χ1) is 16.8. The first-order valence-corrected chi connectivity index (χ1v) is 13.4. The molecular weight excluding hydrogens is 424 g/mol. The molecule has 0 N–H and O–H groups in total. The number of benzene rings is 3. The molecule has 0 saturated heterocycles. The SMILES string of the molecule is Cc1ccc2c3ccc(C(C)(C)C)cc3n3c4cc(CC5CCCC5)cc5cc[n+](C)c(c1c23)c54. The monoisotopic (exact) mass is 459 g/mol. The number of fused-ring (bicyclic) bond motifs is 5. The third kappa shape index (κ3) is 2.98. The fourth-order valence-electron chi connectivity index (χ4n) is 6.91. The van der Waals surface area contributed by atoms with Crippen LogP contribution >= 0.6 is 0 Å². The van der Waals surface area contributed by atoms with Crippen molar-refractivity contribution in [3.05, 3.63) is 71.4 Å². The van der Waals surface area contributed by atoms with Crippen LogP contribution in [-0.2, 0) is 18.9 Å². The zero-order valence-electron chi connectivity index (χ0n) is 21.7. The molecule has 1 fully saturated rings. The second kappa shape index (κ2) is 7.20. The van der Waals surface area contributed by atoms with Crippen LogP contribution in [0.5, 0.6) is 0 Å². The van der Waals surface area contributed by atoms with E-state index in [1.54, 1.807) is 0 Å². The lowest BCUT2D eigenvalue weighted by Gasteiger charge is -2.19. The predicted octanol–water partition coefficient (Wildman–Crippen LogP) is 8.15. The lowest BCUT2D eigenvalue weighted by Crippen LogP contribution is -2.29. The second-order valence-electron chi connectivity index (χ2n) is 12.2. The quantitative estimate of drug-likeness (QED) is 0.140. The van der Waals surface area contributed by atoms with Gasteiger partial charge < -0.3 is 4.40 Å². The molecular formula is C33H35N2+. The maximum absolute atomic E-state index is 2.61. The summed E-state index contributed by atoms with van der Waals surface area (Å²) in [5, 5.41) is 6.88. The molecule has 0 bridgehead atoms. The molecule has 0 amide bonds. The van der Waals surface area contributed by atoms with Gasteiger partial charge in [0.15, 0.2) is 6.20 Å². The van der Waals surface area contributed by atoms with Crippen molar-refractivity contribution in [3.8, 4) is 0 Å². The van der Waals surface area contributed by atoms with Gasteiger partial charge in [-0.1, -0.05) is 76.8 Å². The molecule has 0 atom stereocenters. The molecule has 3 aromatic heterocycles. The van der Waals surface area contributed by atoms with Crippen molar-refractivity contribution >= 4 is 49.0 Å². The highest BCUT2D eigenvalue weighted by Crippen LogP contribution is 2.42. The van der Waals surface area contributed by atoms with Gasteiger partial charge >= 0.3 is 0 Å². The molecule has 0 unspecified atom stereocenters. The molecule has 35 heavy (non-hydrogen) atoms. The Morgan fingerprint density at radius 2 is 1.66 bits per heavy atom. The Morgan fingerprint density at radius 1 is 0.886 bits per heavy atom. The van der Waals surface area contributed by atoms with Crippen molar-refractivity contribution in [2.75, 3.05) is 0 Å². The van der Waals surface area contributed by atoms with Crippen molar-refractivity contribution in [1.29, 1.82) is 0 Å². The van der Waals surface area contributed by atoms with Gasteiger partial charge in [-0.15, -0.1) is 0 Å². The minimum Gasteiger partial charge on any atom is -0.307 e. The minimum absolute atomic E-state index is 0.113. The summed E-state index contributed by atoms with van der Waals surface area (Å²) in [4.78, 5) is 0. The average molecular weight is 460 g/mol. The van der Waals surface area contributed by atoms with E-state index in [0.717, 1.165) is 5.92 Å². The van der Waals surface area contributed by atoms with E-state index < -0.39 is 0 Å². The van der Waals surface area contributed by atoms with E-state index in [-0.39, 0.29) is 5.41 Å². The normalized spacial score (nSPS) is 15.7. The summed E-state index contributed by atoms with van der Waals surface area (Å²) in [6.07, 6.45) is 9.03. The number of aromatic nitrogens is 2. The summed E-state index contributed by atoms with van der Waals surface area (Å²) in [6.45, 7) is 9.23. The van der Waals surface area contributed by atoms with E-state index in [9.17, 15) is 0 Å². The third-order valence-corrected chi connectivity index (χ3v) is 8.76. The molecule has 7 rings (SSSR count). The van der Waals surface area contributed by atoms with Crippen LogP contribution in [0.4, 0.5) is 0 Å². The van der Waals surface area contributed by atoms with Gasteiger partial charge in [0.25, 0.3) is 0 Å². The highest BCUT2D eigenvalue weighted by Gasteiger charge is 2.26. The van der Waals surface area contributed by atoms with Gasteiger partial charge in [-0.2, -0.15) is 0 Å². The first kappa shape index (κ1) is 21.2. The summed E-state index contributed by atoms with van der Waals surface area (Å²) in [7, 11) is 2.21. The molecule has 0 radical (unpaired) electrons. The van der Waals surface area contributed by atoms with Gasteiger partial charge in [-0.25, -0.2) is 4.57 Å². The van der Waals surface area contributed by atoms with Crippen molar-refractivity contribution in [2.24, 2.45) is 13.0 Å². The summed E-state index contributed by atoms with van der Waals surface area (Å²) in [6, 6.07) is 19.2. The summed E-state index contributed by atoms with van der Waals surface area (Å²) >= 11 is 0. The van der Waals surface area contributed by atoms with Gasteiger partial charge in [-0.3, -0.25) is 0 Å². The molecule has 3 aromatic carbocycles. The van der Waals surface area contributed by atoms with Gasteiger partial charge in [0.1, 0.15) is 7.05 Å². The average Bonchev–Trinajstić information content (AvgIpc) is 3.44. The van der Waals surface area contributed by atoms with E-state index in [4.69, 9.17) is 0 Å². The van der Waals surface area contributed by atoms with Crippen LogP contribution in [0.1, 0.15) is 63.1 Å². The lowest BCUT2D eigenvalue weighted by molar-refractivity contribution is -0.643. The molecule has 2 heteroatoms. The van der Waals surface area contributed by atoms with Gasteiger partial charge in [0, 0.05) is 16.8 Å². The van der Waals surface area contributed by atoms with Crippen molar-refractivity contribution in [2.45, 2.75) is 65.2 Å². The summed E-state index contributed by atoms with van der Waals surface area (Å²) in [5.74, 6) is 0.839. The molecule has 3 heterocycles. The molecule has 6 aromatic rings. The molecule has 176 valence electrons. The van der Waals surface area contributed by atoms with E-state index in [1.807, 2.05) is 0 Å².